The smallest absolute Gasteiger partial charge is 0.178 e. The Morgan fingerprint density at radius 2 is 0.978 bits per heavy atom. The minimum atomic E-state index is -0.789. The summed E-state index contributed by atoms with van der Waals surface area (Å²) in [6, 6.07) is 58.1. The van der Waals surface area contributed by atoms with Crippen molar-refractivity contribution in [3.05, 3.63) is 187 Å². The van der Waals surface area contributed by atoms with Crippen molar-refractivity contribution in [1.29, 1.82) is 0 Å². The molecule has 7 aromatic carbocycles. The van der Waals surface area contributed by atoms with Gasteiger partial charge >= 0.3 is 0 Å². The fraction of sp³-hybridized carbons (Fsp3) is 0.0233. The van der Waals surface area contributed by atoms with E-state index >= 15 is 0 Å². The van der Waals surface area contributed by atoms with Crippen LogP contribution in [0.5, 0.6) is 5.75 Å². The molecule has 0 fully saturated rings. The Morgan fingerprint density at radius 3 is 1.64 bits per heavy atom. The predicted molar refractivity (Wildman–Crippen MR) is 186 cm³/mol. The summed E-state index contributed by atoms with van der Waals surface area (Å²) < 4.78 is 7.31. The van der Waals surface area contributed by atoms with Gasteiger partial charge in [0.1, 0.15) is 5.75 Å². The maximum atomic E-state index is 7.31. The van der Waals surface area contributed by atoms with Crippen LogP contribution in [0.15, 0.2) is 170 Å². The van der Waals surface area contributed by atoms with Crippen molar-refractivity contribution >= 4 is 33.9 Å². The van der Waals surface area contributed by atoms with Gasteiger partial charge in [-0.05, 0) is 70.8 Å². The number of fused-ring (bicyclic) bond motifs is 5. The van der Waals surface area contributed by atoms with E-state index in [4.69, 9.17) is 4.74 Å². The zero-order valence-corrected chi connectivity index (χ0v) is 24.6. The van der Waals surface area contributed by atoms with Gasteiger partial charge < -0.3 is 9.64 Å². The molecule has 2 aliphatic rings. The third-order valence-electron chi connectivity index (χ3n) is 9.19. The van der Waals surface area contributed by atoms with Crippen LogP contribution < -0.4 is 9.64 Å². The number of hydrogen-bond acceptors (Lipinski definition) is 2. The Balaban J connectivity index is 1.20. The Kier molecular flexibility index (Phi) is 5.76. The Bertz CT molecular complexity index is 2180. The van der Waals surface area contributed by atoms with Crippen LogP contribution in [0.25, 0.3) is 39.1 Å². The zero-order chi connectivity index (χ0) is 29.8. The van der Waals surface area contributed by atoms with E-state index in [9.17, 15) is 0 Å². The number of hydrogen-bond donors (Lipinski definition) is 0. The summed E-state index contributed by atoms with van der Waals surface area (Å²) in [5.74, 6) is 0.925. The number of ether oxygens (including phenoxy) is 1. The zero-order valence-electron chi connectivity index (χ0n) is 24.6. The van der Waals surface area contributed by atoms with Gasteiger partial charge in [0.2, 0.25) is 0 Å². The molecule has 1 heterocycles. The Morgan fingerprint density at radius 1 is 0.444 bits per heavy atom. The lowest BCUT2D eigenvalue weighted by atomic mass is 9.83. The van der Waals surface area contributed by atoms with Gasteiger partial charge in [-0.2, -0.15) is 0 Å². The first-order valence-corrected chi connectivity index (χ1v) is 15.4. The number of anilines is 3. The monoisotopic (exact) mass is 575 g/mol. The minimum absolute atomic E-state index is 0.789. The van der Waals surface area contributed by atoms with Crippen molar-refractivity contribution in [2.75, 3.05) is 4.90 Å². The number of para-hydroxylation sites is 2. The topological polar surface area (TPSA) is 12.5 Å². The van der Waals surface area contributed by atoms with Crippen molar-refractivity contribution in [3.8, 4) is 28.0 Å². The lowest BCUT2D eigenvalue weighted by Crippen LogP contribution is -2.34. The van der Waals surface area contributed by atoms with E-state index < -0.39 is 5.60 Å². The normalized spacial score (nSPS) is 15.7. The van der Waals surface area contributed by atoms with Crippen LogP contribution in [0.1, 0.15) is 16.7 Å². The van der Waals surface area contributed by atoms with Gasteiger partial charge in [-0.1, -0.05) is 127 Å². The molecule has 45 heavy (non-hydrogen) atoms. The van der Waals surface area contributed by atoms with Gasteiger partial charge in [0.15, 0.2) is 5.60 Å². The third-order valence-corrected chi connectivity index (χ3v) is 9.19. The molecule has 0 aromatic heterocycles. The van der Waals surface area contributed by atoms with Gasteiger partial charge in [-0.25, -0.2) is 0 Å². The van der Waals surface area contributed by atoms with Crippen LogP contribution >= 0.6 is 0 Å². The van der Waals surface area contributed by atoms with Crippen molar-refractivity contribution in [3.63, 3.8) is 0 Å². The van der Waals surface area contributed by atoms with Gasteiger partial charge in [0.05, 0.1) is 0 Å². The maximum Gasteiger partial charge on any atom is 0.178 e. The predicted octanol–water partition coefficient (Wildman–Crippen LogP) is 11.3. The molecule has 1 aliphatic heterocycles. The number of rotatable bonds is 5. The molecular formula is C43H29NO. The summed E-state index contributed by atoms with van der Waals surface area (Å²) in [7, 11) is 0. The van der Waals surface area contributed by atoms with Crippen molar-refractivity contribution in [1.82, 2.24) is 0 Å². The van der Waals surface area contributed by atoms with Crippen LogP contribution in [0, 0.1) is 0 Å². The second kappa shape index (κ2) is 10.1. The van der Waals surface area contributed by atoms with E-state index in [0.717, 1.165) is 44.9 Å². The summed E-state index contributed by atoms with van der Waals surface area (Å²) >= 11 is 0. The lowest BCUT2D eigenvalue weighted by molar-refractivity contribution is 0.163. The van der Waals surface area contributed by atoms with Crippen LogP contribution in [0.3, 0.4) is 0 Å². The molecule has 0 spiro atoms. The second-order valence-electron chi connectivity index (χ2n) is 11.7. The highest BCUT2D eigenvalue weighted by atomic mass is 16.5. The first-order valence-electron chi connectivity index (χ1n) is 15.4. The highest BCUT2D eigenvalue weighted by molar-refractivity contribution is 6.17. The lowest BCUT2D eigenvalue weighted by Gasteiger charge is -2.37. The fourth-order valence-electron chi connectivity index (χ4n) is 7.13. The largest absolute Gasteiger partial charge is 0.472 e. The molecular weight excluding hydrogens is 546 g/mol. The molecule has 1 unspecified atom stereocenters. The van der Waals surface area contributed by atoms with Crippen LogP contribution in [0.2, 0.25) is 0 Å². The first-order chi connectivity index (χ1) is 22.3. The third kappa shape index (κ3) is 3.96. The van der Waals surface area contributed by atoms with E-state index in [2.05, 4.69) is 181 Å². The highest BCUT2D eigenvalue weighted by Crippen LogP contribution is 2.53. The second-order valence-corrected chi connectivity index (χ2v) is 11.7. The first kappa shape index (κ1) is 25.6. The highest BCUT2D eigenvalue weighted by Gasteiger charge is 2.38. The van der Waals surface area contributed by atoms with Gasteiger partial charge in [0, 0.05) is 44.5 Å². The molecule has 1 aliphatic carbocycles. The molecule has 9 rings (SSSR count). The summed E-state index contributed by atoms with van der Waals surface area (Å²) in [5.41, 5.74) is 10.9. The molecule has 2 nitrogen and oxygen atoms in total. The molecule has 2 heteroatoms. The molecule has 0 bridgehead atoms. The summed E-state index contributed by atoms with van der Waals surface area (Å²) in [5, 5.41) is 2.42. The SMILES string of the molecule is C1=CC(c2ccccc2)(c2ccc(N(c3ccccc3)c3ccccc3)cc2)Oc2c1cc1c3c(cccc23)-c2ccccc2-1. The van der Waals surface area contributed by atoms with Crippen LogP contribution in [-0.2, 0) is 5.60 Å². The molecule has 0 saturated heterocycles. The molecule has 0 radical (unpaired) electrons. The van der Waals surface area contributed by atoms with E-state index in [-0.39, 0.29) is 0 Å². The van der Waals surface area contributed by atoms with Crippen LogP contribution in [-0.4, -0.2) is 0 Å². The Hall–Kier alpha value is -5.86. The molecule has 212 valence electrons. The molecule has 0 N–H and O–H groups in total. The quantitative estimate of drug-likeness (QED) is 0.202. The van der Waals surface area contributed by atoms with Gasteiger partial charge in [-0.15, -0.1) is 0 Å². The molecule has 0 saturated carbocycles. The van der Waals surface area contributed by atoms with E-state index in [0.29, 0.717) is 0 Å². The standard InChI is InChI=1S/C43H29NO/c1-4-13-31(14-5-1)43(32-23-25-35(26-24-32)44(33-15-6-2-7-16-33)34-17-8-3-9-18-34)28-27-30-29-40-37-20-11-10-19-36(37)38-21-12-22-39(41(38)40)42(30)45-43/h1-29H. The molecule has 1 atom stereocenters. The average Bonchev–Trinajstić information content (AvgIpc) is 3.44. The number of benzene rings is 7. The molecule has 0 amide bonds. The summed E-state index contributed by atoms with van der Waals surface area (Å²) in [6.07, 6.45) is 4.48. The minimum Gasteiger partial charge on any atom is -0.472 e. The average molecular weight is 576 g/mol. The molecule has 7 aromatic rings. The van der Waals surface area contributed by atoms with Crippen molar-refractivity contribution in [2.24, 2.45) is 0 Å². The van der Waals surface area contributed by atoms with Gasteiger partial charge in [-0.3, -0.25) is 0 Å². The summed E-state index contributed by atoms with van der Waals surface area (Å²) in [4.78, 5) is 2.29. The number of nitrogens with zero attached hydrogens (tertiary/aromatic N) is 1. The Labute approximate surface area is 263 Å². The van der Waals surface area contributed by atoms with E-state index in [1.807, 2.05) is 0 Å². The fourth-order valence-corrected chi connectivity index (χ4v) is 7.13. The van der Waals surface area contributed by atoms with Crippen molar-refractivity contribution < 1.29 is 4.74 Å². The van der Waals surface area contributed by atoms with E-state index in [1.165, 1.54) is 27.6 Å². The maximum absolute atomic E-state index is 7.31. The van der Waals surface area contributed by atoms with Crippen molar-refractivity contribution in [2.45, 2.75) is 5.60 Å². The van der Waals surface area contributed by atoms with E-state index in [1.54, 1.807) is 0 Å². The van der Waals surface area contributed by atoms with Crippen LogP contribution in [0.4, 0.5) is 17.1 Å². The summed E-state index contributed by atoms with van der Waals surface area (Å²) in [6.45, 7) is 0. The van der Waals surface area contributed by atoms with Gasteiger partial charge in [0.25, 0.3) is 0 Å².